The van der Waals surface area contributed by atoms with E-state index in [1.54, 1.807) is 6.07 Å². The highest BCUT2D eigenvalue weighted by molar-refractivity contribution is 7.26. The topological polar surface area (TPSA) is 3.24 Å². The molecule has 3 aromatic carbocycles. The maximum Gasteiger partial charge on any atom is 0.417 e. The molecule has 0 aliphatic carbocycles. The maximum absolute atomic E-state index is 13.5. The summed E-state index contributed by atoms with van der Waals surface area (Å²) >= 11 is 1.21. The lowest BCUT2D eigenvalue weighted by Gasteiger charge is -2.22. The molecule has 4 aromatic rings. The summed E-state index contributed by atoms with van der Waals surface area (Å²) in [5.41, 5.74) is 3.70. The fraction of sp³-hybridized carbons (Fsp3) is 0.182. The average Bonchev–Trinajstić information content (AvgIpc) is 2.99. The van der Waals surface area contributed by atoms with Gasteiger partial charge >= 0.3 is 6.18 Å². The summed E-state index contributed by atoms with van der Waals surface area (Å²) in [4.78, 5) is 2.06. The fourth-order valence-electron chi connectivity index (χ4n) is 3.60. The smallest absolute Gasteiger partial charge is 0.343 e. The largest absolute Gasteiger partial charge is 0.417 e. The van der Waals surface area contributed by atoms with Gasteiger partial charge in [0, 0.05) is 28.2 Å². The monoisotopic (exact) mass is 385 g/mol. The van der Waals surface area contributed by atoms with Crippen LogP contribution >= 0.6 is 11.3 Å². The van der Waals surface area contributed by atoms with Crippen LogP contribution in [0, 0.1) is 13.8 Å². The van der Waals surface area contributed by atoms with E-state index < -0.39 is 11.7 Å². The van der Waals surface area contributed by atoms with Gasteiger partial charge in [-0.05, 0) is 37.6 Å². The molecule has 0 fully saturated rings. The number of fused-ring (bicyclic) bond motifs is 3. The van der Waals surface area contributed by atoms with Crippen molar-refractivity contribution in [1.29, 1.82) is 0 Å². The Bertz CT molecular complexity index is 1160. The molecule has 0 unspecified atom stereocenters. The normalized spacial score (nSPS) is 12.1. The first-order chi connectivity index (χ1) is 12.8. The molecule has 138 valence electrons. The zero-order valence-corrected chi connectivity index (χ0v) is 16.0. The molecule has 5 heteroatoms. The Balaban J connectivity index is 1.97. The standard InChI is InChI=1S/C22H18F3NS/c1-13-10-11-18(14(2)12-13)26(3)19-9-5-7-16-15-6-4-8-17(22(23,24)25)20(15)27-21(16)19/h4-12H,1-3H3. The Labute approximate surface area is 159 Å². The third-order valence-electron chi connectivity index (χ3n) is 4.88. The molecule has 0 spiro atoms. The first kappa shape index (κ1) is 17.9. The van der Waals surface area contributed by atoms with E-state index >= 15 is 0 Å². The molecule has 4 rings (SSSR count). The van der Waals surface area contributed by atoms with Crippen LogP contribution in [0.3, 0.4) is 0 Å². The minimum atomic E-state index is -4.36. The number of nitrogens with zero attached hydrogens (tertiary/aromatic N) is 1. The minimum absolute atomic E-state index is 0.293. The molecule has 0 aliphatic heterocycles. The average molecular weight is 385 g/mol. The lowest BCUT2D eigenvalue weighted by molar-refractivity contribution is -0.136. The van der Waals surface area contributed by atoms with Gasteiger partial charge in [0.1, 0.15) is 0 Å². The van der Waals surface area contributed by atoms with Crippen LogP contribution in [-0.4, -0.2) is 7.05 Å². The van der Waals surface area contributed by atoms with Crippen LogP contribution in [0.4, 0.5) is 24.5 Å². The predicted molar refractivity (Wildman–Crippen MR) is 108 cm³/mol. The van der Waals surface area contributed by atoms with Gasteiger partial charge in [-0.25, -0.2) is 0 Å². The number of alkyl halides is 3. The second kappa shape index (κ2) is 6.27. The predicted octanol–water partition coefficient (Wildman–Crippen LogP) is 7.46. The maximum atomic E-state index is 13.5. The van der Waals surface area contributed by atoms with Crippen molar-refractivity contribution in [3.05, 3.63) is 71.3 Å². The number of hydrogen-bond donors (Lipinski definition) is 0. The van der Waals surface area contributed by atoms with E-state index in [1.807, 2.05) is 45.2 Å². The van der Waals surface area contributed by atoms with Gasteiger partial charge in [0.15, 0.2) is 0 Å². The highest BCUT2D eigenvalue weighted by atomic mass is 32.1. The van der Waals surface area contributed by atoms with Crippen molar-refractivity contribution in [2.45, 2.75) is 20.0 Å². The van der Waals surface area contributed by atoms with Gasteiger partial charge in [-0.2, -0.15) is 13.2 Å². The van der Waals surface area contributed by atoms with Crippen molar-refractivity contribution < 1.29 is 13.2 Å². The molecule has 0 bridgehead atoms. The lowest BCUT2D eigenvalue weighted by Crippen LogP contribution is -2.10. The van der Waals surface area contributed by atoms with Gasteiger partial charge in [0.05, 0.1) is 16.0 Å². The van der Waals surface area contributed by atoms with E-state index in [9.17, 15) is 13.2 Å². The summed E-state index contributed by atoms with van der Waals surface area (Å²) in [5.74, 6) is 0. The zero-order chi connectivity index (χ0) is 19.3. The van der Waals surface area contributed by atoms with E-state index in [0.717, 1.165) is 33.1 Å². The van der Waals surface area contributed by atoms with E-state index in [4.69, 9.17) is 0 Å². The van der Waals surface area contributed by atoms with Crippen LogP contribution in [-0.2, 0) is 6.18 Å². The second-order valence-electron chi connectivity index (χ2n) is 6.78. The molecule has 0 saturated heterocycles. The first-order valence-electron chi connectivity index (χ1n) is 8.60. The van der Waals surface area contributed by atoms with E-state index in [1.165, 1.54) is 23.0 Å². The van der Waals surface area contributed by atoms with Crippen molar-refractivity contribution >= 4 is 42.9 Å². The van der Waals surface area contributed by atoms with Crippen molar-refractivity contribution in [2.75, 3.05) is 11.9 Å². The van der Waals surface area contributed by atoms with Gasteiger partial charge in [-0.1, -0.05) is 42.0 Å². The van der Waals surface area contributed by atoms with Gasteiger partial charge in [0.2, 0.25) is 0 Å². The third kappa shape index (κ3) is 2.96. The lowest BCUT2D eigenvalue weighted by atomic mass is 10.1. The Morgan fingerprint density at radius 1 is 0.815 bits per heavy atom. The molecule has 0 N–H and O–H groups in total. The summed E-state index contributed by atoms with van der Waals surface area (Å²) in [6, 6.07) is 16.4. The molecule has 27 heavy (non-hydrogen) atoms. The Kier molecular flexibility index (Phi) is 4.15. The molecule has 0 atom stereocenters. The van der Waals surface area contributed by atoms with Gasteiger partial charge in [-0.15, -0.1) is 11.3 Å². The summed E-state index contributed by atoms with van der Waals surface area (Å²) in [6.07, 6.45) is -4.36. The number of benzene rings is 3. The van der Waals surface area contributed by atoms with Crippen molar-refractivity contribution in [2.24, 2.45) is 0 Å². The highest BCUT2D eigenvalue weighted by Gasteiger charge is 2.33. The van der Waals surface area contributed by atoms with Crippen LogP contribution in [0.1, 0.15) is 16.7 Å². The van der Waals surface area contributed by atoms with Crippen LogP contribution in [0.5, 0.6) is 0 Å². The van der Waals surface area contributed by atoms with Crippen LogP contribution < -0.4 is 4.90 Å². The van der Waals surface area contributed by atoms with E-state index in [0.29, 0.717) is 10.1 Å². The zero-order valence-electron chi connectivity index (χ0n) is 15.2. The molecule has 1 nitrogen and oxygen atoms in total. The fourth-order valence-corrected chi connectivity index (χ4v) is 4.99. The summed E-state index contributed by atoms with van der Waals surface area (Å²) < 4.78 is 41.5. The van der Waals surface area contributed by atoms with Crippen molar-refractivity contribution in [3.8, 4) is 0 Å². The summed E-state index contributed by atoms with van der Waals surface area (Å²) in [7, 11) is 1.96. The van der Waals surface area contributed by atoms with E-state index in [2.05, 4.69) is 17.0 Å². The van der Waals surface area contributed by atoms with E-state index in [-0.39, 0.29) is 0 Å². The first-order valence-corrected chi connectivity index (χ1v) is 9.41. The van der Waals surface area contributed by atoms with Crippen LogP contribution in [0.2, 0.25) is 0 Å². The van der Waals surface area contributed by atoms with Crippen LogP contribution in [0.25, 0.3) is 20.2 Å². The summed E-state index contributed by atoms with van der Waals surface area (Å²) in [5, 5.41) is 1.51. The quantitative estimate of drug-likeness (QED) is 0.346. The number of thiophene rings is 1. The van der Waals surface area contributed by atoms with Gasteiger partial charge in [-0.3, -0.25) is 0 Å². The number of hydrogen-bond acceptors (Lipinski definition) is 2. The number of rotatable bonds is 2. The molecule has 0 amide bonds. The Morgan fingerprint density at radius 2 is 1.48 bits per heavy atom. The Hall–Kier alpha value is -2.53. The van der Waals surface area contributed by atoms with Gasteiger partial charge in [0.25, 0.3) is 0 Å². The number of anilines is 2. The second-order valence-corrected chi connectivity index (χ2v) is 7.81. The highest BCUT2D eigenvalue weighted by Crippen LogP contribution is 2.45. The molecule has 0 radical (unpaired) electrons. The van der Waals surface area contributed by atoms with Crippen molar-refractivity contribution in [1.82, 2.24) is 0 Å². The SMILES string of the molecule is Cc1ccc(N(C)c2cccc3c2sc2c(C(F)(F)F)cccc23)c(C)c1. The van der Waals surface area contributed by atoms with Crippen molar-refractivity contribution in [3.63, 3.8) is 0 Å². The molecular formula is C22H18F3NS. The number of halogens is 3. The third-order valence-corrected chi connectivity index (χ3v) is 6.16. The van der Waals surface area contributed by atoms with Crippen LogP contribution in [0.15, 0.2) is 54.6 Å². The molecule has 0 saturated carbocycles. The minimum Gasteiger partial charge on any atom is -0.343 e. The molecule has 1 heterocycles. The van der Waals surface area contributed by atoms with Gasteiger partial charge < -0.3 is 4.90 Å². The summed E-state index contributed by atoms with van der Waals surface area (Å²) in [6.45, 7) is 4.09. The molecular weight excluding hydrogens is 367 g/mol. The Morgan fingerprint density at radius 3 is 2.15 bits per heavy atom. The molecule has 1 aromatic heterocycles. The number of aryl methyl sites for hydroxylation is 2. The molecule has 0 aliphatic rings.